The van der Waals surface area contributed by atoms with E-state index in [0.29, 0.717) is 19.5 Å². The zero-order valence-electron chi connectivity index (χ0n) is 19.9. The van der Waals surface area contributed by atoms with Crippen molar-refractivity contribution in [3.05, 3.63) is 107 Å². The molecule has 3 N–H and O–H groups in total. The van der Waals surface area contributed by atoms with Crippen LogP contribution in [0.2, 0.25) is 0 Å². The molecule has 2 amide bonds. The van der Waals surface area contributed by atoms with Crippen LogP contribution in [-0.2, 0) is 16.1 Å². The molecular weight excluding hydrogens is 422 g/mol. The van der Waals surface area contributed by atoms with Crippen LogP contribution in [0, 0.1) is 13.8 Å². The Kier molecular flexibility index (Phi) is 7.43. The second kappa shape index (κ2) is 10.7. The van der Waals surface area contributed by atoms with E-state index >= 15 is 0 Å². The van der Waals surface area contributed by atoms with Gasteiger partial charge in [0.1, 0.15) is 6.04 Å². The van der Waals surface area contributed by atoms with Crippen LogP contribution in [-0.4, -0.2) is 35.3 Å². The topological polar surface area (TPSA) is 75.4 Å². The molecule has 1 fully saturated rings. The van der Waals surface area contributed by atoms with E-state index in [1.54, 1.807) is 4.90 Å². The lowest BCUT2D eigenvalue weighted by atomic mass is 9.84. The predicted octanol–water partition coefficient (Wildman–Crippen LogP) is 4.07. The molecule has 3 aromatic rings. The molecule has 5 heteroatoms. The third-order valence-corrected chi connectivity index (χ3v) is 6.97. The van der Waals surface area contributed by atoms with Crippen LogP contribution in [0.4, 0.5) is 0 Å². The molecular formula is C29H33N3O2. The van der Waals surface area contributed by atoms with Crippen LogP contribution < -0.4 is 11.1 Å². The maximum atomic E-state index is 13.6. The number of hydrogen-bond donors (Lipinski definition) is 2. The van der Waals surface area contributed by atoms with E-state index in [1.165, 1.54) is 11.1 Å². The van der Waals surface area contributed by atoms with Gasteiger partial charge >= 0.3 is 0 Å². The van der Waals surface area contributed by atoms with Crippen LogP contribution in [0.5, 0.6) is 0 Å². The summed E-state index contributed by atoms with van der Waals surface area (Å²) in [6.07, 6.45) is 1.44. The van der Waals surface area contributed by atoms with Crippen molar-refractivity contribution < 1.29 is 9.59 Å². The highest BCUT2D eigenvalue weighted by atomic mass is 16.2. The summed E-state index contributed by atoms with van der Waals surface area (Å²) in [5, 5.41) is 3.05. The summed E-state index contributed by atoms with van der Waals surface area (Å²) in [4.78, 5) is 28.4. The number of benzene rings is 3. The van der Waals surface area contributed by atoms with Crippen LogP contribution in [0.25, 0.3) is 0 Å². The van der Waals surface area contributed by atoms with Gasteiger partial charge in [-0.2, -0.15) is 0 Å². The average Bonchev–Trinajstić information content (AvgIpc) is 3.36. The van der Waals surface area contributed by atoms with Gasteiger partial charge in [0.05, 0.1) is 6.04 Å². The van der Waals surface area contributed by atoms with Gasteiger partial charge in [-0.05, 0) is 54.5 Å². The summed E-state index contributed by atoms with van der Waals surface area (Å²) in [6, 6.07) is 24.6. The average molecular weight is 456 g/mol. The van der Waals surface area contributed by atoms with Gasteiger partial charge in [-0.3, -0.25) is 9.59 Å². The predicted molar refractivity (Wildman–Crippen MR) is 135 cm³/mol. The second-order valence-electron chi connectivity index (χ2n) is 9.09. The number of hydrogen-bond acceptors (Lipinski definition) is 3. The van der Waals surface area contributed by atoms with Crippen molar-refractivity contribution in [1.29, 1.82) is 0 Å². The molecule has 0 bridgehead atoms. The van der Waals surface area contributed by atoms with Crippen molar-refractivity contribution in [2.45, 2.75) is 51.2 Å². The first-order chi connectivity index (χ1) is 16.5. The van der Waals surface area contributed by atoms with Crippen molar-refractivity contribution in [3.8, 4) is 0 Å². The van der Waals surface area contributed by atoms with Gasteiger partial charge in [-0.15, -0.1) is 0 Å². The highest BCUT2D eigenvalue weighted by Gasteiger charge is 2.39. The van der Waals surface area contributed by atoms with E-state index in [0.717, 1.165) is 23.1 Å². The number of amides is 2. The Hall–Kier alpha value is -3.44. The first kappa shape index (κ1) is 23.7. The summed E-state index contributed by atoms with van der Waals surface area (Å²) in [5.41, 5.74) is 12.1. The molecule has 1 heterocycles. The third-order valence-electron chi connectivity index (χ3n) is 6.97. The zero-order valence-corrected chi connectivity index (χ0v) is 19.9. The van der Waals surface area contributed by atoms with Crippen LogP contribution in [0.1, 0.15) is 46.6 Å². The molecule has 1 aliphatic heterocycles. The molecule has 5 nitrogen and oxygen atoms in total. The smallest absolute Gasteiger partial charge is 0.243 e. The summed E-state index contributed by atoms with van der Waals surface area (Å²) >= 11 is 0. The van der Waals surface area contributed by atoms with Crippen molar-refractivity contribution in [2.75, 3.05) is 6.54 Å². The maximum Gasteiger partial charge on any atom is 0.243 e. The number of carbonyl (C=O) groups excluding carboxylic acids is 2. The Balaban J connectivity index is 1.51. The first-order valence-electron chi connectivity index (χ1n) is 12.0. The molecule has 34 heavy (non-hydrogen) atoms. The number of aryl methyl sites for hydroxylation is 1. The highest BCUT2D eigenvalue weighted by Crippen LogP contribution is 2.30. The van der Waals surface area contributed by atoms with E-state index in [9.17, 15) is 9.59 Å². The zero-order chi connectivity index (χ0) is 24.1. The van der Waals surface area contributed by atoms with Crippen LogP contribution in [0.3, 0.4) is 0 Å². The first-order valence-corrected chi connectivity index (χ1v) is 12.0. The molecule has 0 unspecified atom stereocenters. The summed E-state index contributed by atoms with van der Waals surface area (Å²) in [6.45, 7) is 5.13. The lowest BCUT2D eigenvalue weighted by Crippen LogP contribution is -2.52. The van der Waals surface area contributed by atoms with E-state index in [1.807, 2.05) is 72.8 Å². The Morgan fingerprint density at radius 1 is 0.941 bits per heavy atom. The number of nitrogens with two attached hydrogens (primary N) is 1. The fourth-order valence-corrected chi connectivity index (χ4v) is 4.87. The largest absolute Gasteiger partial charge is 0.350 e. The molecule has 0 aliphatic carbocycles. The number of nitrogens with one attached hydrogen (secondary N) is 1. The van der Waals surface area contributed by atoms with Gasteiger partial charge in [0.2, 0.25) is 11.8 Å². The number of nitrogens with zero attached hydrogens (tertiary/aromatic N) is 1. The molecule has 1 aliphatic rings. The molecule has 4 rings (SSSR count). The van der Waals surface area contributed by atoms with Gasteiger partial charge in [-0.25, -0.2) is 0 Å². The molecule has 1 saturated heterocycles. The maximum absolute atomic E-state index is 13.6. The Morgan fingerprint density at radius 3 is 2.18 bits per heavy atom. The second-order valence-corrected chi connectivity index (χ2v) is 9.09. The Labute approximate surface area is 202 Å². The quantitative estimate of drug-likeness (QED) is 0.564. The van der Waals surface area contributed by atoms with E-state index in [2.05, 4.69) is 25.2 Å². The van der Waals surface area contributed by atoms with Crippen molar-refractivity contribution in [3.63, 3.8) is 0 Å². The minimum absolute atomic E-state index is 0.116. The van der Waals surface area contributed by atoms with Gasteiger partial charge in [0, 0.05) is 19.0 Å². The Morgan fingerprint density at radius 2 is 1.56 bits per heavy atom. The molecule has 176 valence electrons. The van der Waals surface area contributed by atoms with E-state index in [-0.39, 0.29) is 17.7 Å². The number of carbonyl (C=O) groups is 2. The molecule has 0 radical (unpaired) electrons. The van der Waals surface area contributed by atoms with Gasteiger partial charge < -0.3 is 16.0 Å². The van der Waals surface area contributed by atoms with Crippen LogP contribution >= 0.6 is 0 Å². The lowest BCUT2D eigenvalue weighted by Gasteiger charge is -2.31. The minimum Gasteiger partial charge on any atom is -0.350 e. The summed E-state index contributed by atoms with van der Waals surface area (Å²) in [7, 11) is 0. The standard InChI is InChI=1S/C29H33N3O2/c1-20-11-9-16-24(21(20)2)19-31-28(33)25-17-10-18-32(25)29(34)27(30)26(22-12-5-3-6-13-22)23-14-7-4-8-15-23/h3-9,11-16,25-27H,10,17-19,30H2,1-2H3,(H,31,33)/t25-,27+/m0/s1. The summed E-state index contributed by atoms with van der Waals surface area (Å²) < 4.78 is 0. The summed E-state index contributed by atoms with van der Waals surface area (Å²) in [5.74, 6) is -0.578. The fourth-order valence-electron chi connectivity index (χ4n) is 4.87. The number of rotatable bonds is 7. The van der Waals surface area contributed by atoms with Gasteiger partial charge in [0.15, 0.2) is 0 Å². The van der Waals surface area contributed by atoms with Crippen molar-refractivity contribution in [2.24, 2.45) is 5.73 Å². The highest BCUT2D eigenvalue weighted by molar-refractivity contribution is 5.91. The monoisotopic (exact) mass is 455 g/mol. The molecule has 0 spiro atoms. The molecule has 3 aromatic carbocycles. The SMILES string of the molecule is Cc1cccc(CNC(=O)[C@@H]2CCCN2C(=O)[C@H](N)C(c2ccccc2)c2ccccc2)c1C. The Bertz CT molecular complexity index is 1090. The van der Waals surface area contributed by atoms with Crippen molar-refractivity contribution in [1.82, 2.24) is 10.2 Å². The van der Waals surface area contributed by atoms with Gasteiger partial charge in [0.25, 0.3) is 0 Å². The normalized spacial score (nSPS) is 16.5. The van der Waals surface area contributed by atoms with Crippen molar-refractivity contribution >= 4 is 11.8 Å². The molecule has 0 aromatic heterocycles. The van der Waals surface area contributed by atoms with E-state index in [4.69, 9.17) is 5.73 Å². The molecule has 2 atom stereocenters. The number of likely N-dealkylation sites (tertiary alicyclic amines) is 1. The van der Waals surface area contributed by atoms with Gasteiger partial charge in [-0.1, -0.05) is 78.9 Å². The molecule has 0 saturated carbocycles. The van der Waals surface area contributed by atoms with E-state index < -0.39 is 12.1 Å². The third kappa shape index (κ3) is 5.05. The minimum atomic E-state index is -0.780. The fraction of sp³-hybridized carbons (Fsp3) is 0.310. The van der Waals surface area contributed by atoms with Crippen LogP contribution in [0.15, 0.2) is 78.9 Å². The lowest BCUT2D eigenvalue weighted by molar-refractivity contribution is -0.139.